The van der Waals surface area contributed by atoms with Gasteiger partial charge in [-0.2, -0.15) is 0 Å². The number of rotatable bonds is 8. The van der Waals surface area contributed by atoms with Crippen LogP contribution in [0.2, 0.25) is 18.1 Å². The fourth-order valence-electron chi connectivity index (χ4n) is 3.93. The highest BCUT2D eigenvalue weighted by atomic mass is 28.3. The molecule has 0 N–H and O–H groups in total. The van der Waals surface area contributed by atoms with E-state index in [9.17, 15) is 0 Å². The summed E-state index contributed by atoms with van der Waals surface area (Å²) >= 11 is 0. The zero-order valence-corrected chi connectivity index (χ0v) is 15.3. The Morgan fingerprint density at radius 3 is 1.95 bits per heavy atom. The molecule has 0 aromatic rings. The van der Waals surface area contributed by atoms with Crippen LogP contribution in [0, 0.1) is 0 Å². The van der Waals surface area contributed by atoms with Gasteiger partial charge in [0.05, 0.1) is 8.07 Å². The standard InChI is InChI=1S/C18H37NSi/c1-4-7-17-20(15-5-2,16-6-3)18-19-13-11-9-8-10-12-14-19/h4,7H,5-6,8-18H2,1-3H3. The summed E-state index contributed by atoms with van der Waals surface area (Å²) < 4.78 is 0. The molecule has 0 radical (unpaired) electrons. The Morgan fingerprint density at radius 1 is 0.900 bits per heavy atom. The van der Waals surface area contributed by atoms with Crippen LogP contribution in [0.5, 0.6) is 0 Å². The molecule has 0 unspecified atom stereocenters. The minimum atomic E-state index is -1.10. The maximum atomic E-state index is 2.85. The Balaban J connectivity index is 2.67. The van der Waals surface area contributed by atoms with E-state index in [1.165, 1.54) is 82.3 Å². The number of allylic oxidation sites excluding steroid dienone is 2. The molecule has 1 saturated heterocycles. The molecular formula is C18H37NSi. The second kappa shape index (κ2) is 10.6. The first-order valence-electron chi connectivity index (χ1n) is 9.10. The van der Waals surface area contributed by atoms with Gasteiger partial charge in [0.2, 0.25) is 0 Å². The third-order valence-corrected chi connectivity index (χ3v) is 10.2. The van der Waals surface area contributed by atoms with Gasteiger partial charge < -0.3 is 4.90 Å². The Bertz CT molecular complexity index is 248. The van der Waals surface area contributed by atoms with E-state index in [4.69, 9.17) is 0 Å². The predicted molar refractivity (Wildman–Crippen MR) is 95.1 cm³/mol. The minimum absolute atomic E-state index is 1.10. The van der Waals surface area contributed by atoms with Crippen LogP contribution in [-0.2, 0) is 0 Å². The normalized spacial score (nSPS) is 19.1. The average molecular weight is 296 g/mol. The zero-order chi connectivity index (χ0) is 14.7. The molecule has 1 rings (SSSR count). The van der Waals surface area contributed by atoms with Crippen molar-refractivity contribution in [3.8, 4) is 0 Å². The second-order valence-electron chi connectivity index (χ2n) is 6.82. The van der Waals surface area contributed by atoms with Gasteiger partial charge in [0, 0.05) is 0 Å². The zero-order valence-electron chi connectivity index (χ0n) is 14.3. The summed E-state index contributed by atoms with van der Waals surface area (Å²) in [6, 6.07) is 4.48. The number of hydrogen-bond donors (Lipinski definition) is 0. The van der Waals surface area contributed by atoms with Gasteiger partial charge in [0.25, 0.3) is 0 Å². The molecule has 1 aliphatic heterocycles. The summed E-state index contributed by atoms with van der Waals surface area (Å²) in [6.45, 7) is 9.71. The number of likely N-dealkylation sites (tertiary alicyclic amines) is 1. The van der Waals surface area contributed by atoms with Crippen molar-refractivity contribution in [2.24, 2.45) is 0 Å². The van der Waals surface area contributed by atoms with Crippen molar-refractivity contribution >= 4 is 8.07 Å². The molecule has 0 bridgehead atoms. The molecule has 0 spiro atoms. The summed E-state index contributed by atoms with van der Waals surface area (Å²) in [5, 5.41) is 0. The quantitative estimate of drug-likeness (QED) is 0.414. The van der Waals surface area contributed by atoms with E-state index in [0.717, 1.165) is 0 Å². The van der Waals surface area contributed by atoms with Gasteiger partial charge in [-0.1, -0.05) is 70.2 Å². The van der Waals surface area contributed by atoms with Crippen molar-refractivity contribution in [1.29, 1.82) is 0 Å². The molecular weight excluding hydrogens is 258 g/mol. The highest BCUT2D eigenvalue weighted by Crippen LogP contribution is 2.27. The number of nitrogens with zero attached hydrogens (tertiary/aromatic N) is 1. The Hall–Kier alpha value is -0.0831. The molecule has 0 aliphatic carbocycles. The topological polar surface area (TPSA) is 3.24 Å². The monoisotopic (exact) mass is 295 g/mol. The smallest absolute Gasteiger partial charge is 0.0727 e. The molecule has 0 aromatic heterocycles. The van der Waals surface area contributed by atoms with E-state index in [-0.39, 0.29) is 0 Å². The largest absolute Gasteiger partial charge is 0.306 e. The van der Waals surface area contributed by atoms with Crippen LogP contribution in [0.4, 0.5) is 0 Å². The molecule has 2 heteroatoms. The molecule has 0 saturated carbocycles. The molecule has 20 heavy (non-hydrogen) atoms. The van der Waals surface area contributed by atoms with Gasteiger partial charge in [0.1, 0.15) is 0 Å². The van der Waals surface area contributed by atoms with Crippen molar-refractivity contribution < 1.29 is 0 Å². The molecule has 1 aliphatic rings. The molecule has 1 heterocycles. The summed E-state index contributed by atoms with van der Waals surface area (Å²) in [5.74, 6) is 0. The van der Waals surface area contributed by atoms with Gasteiger partial charge in [-0.15, -0.1) is 0 Å². The Labute approximate surface area is 128 Å². The van der Waals surface area contributed by atoms with Crippen molar-refractivity contribution in [1.82, 2.24) is 4.90 Å². The lowest BCUT2D eigenvalue weighted by Gasteiger charge is -2.37. The van der Waals surface area contributed by atoms with E-state index < -0.39 is 8.07 Å². The Kier molecular flexibility index (Phi) is 9.54. The van der Waals surface area contributed by atoms with Crippen LogP contribution in [0.3, 0.4) is 0 Å². The van der Waals surface area contributed by atoms with E-state index in [0.29, 0.717) is 0 Å². The van der Waals surface area contributed by atoms with Gasteiger partial charge >= 0.3 is 0 Å². The lowest BCUT2D eigenvalue weighted by Crippen LogP contribution is -2.47. The molecule has 1 fully saturated rings. The van der Waals surface area contributed by atoms with Crippen molar-refractivity contribution in [3.05, 3.63) is 12.2 Å². The fourth-order valence-corrected chi connectivity index (χ4v) is 9.15. The lowest BCUT2D eigenvalue weighted by atomic mass is 10.1. The van der Waals surface area contributed by atoms with E-state index in [1.54, 1.807) is 0 Å². The number of hydrogen-bond acceptors (Lipinski definition) is 1. The van der Waals surface area contributed by atoms with Crippen molar-refractivity contribution in [2.45, 2.75) is 83.8 Å². The first-order chi connectivity index (χ1) is 9.76. The van der Waals surface area contributed by atoms with Gasteiger partial charge in [-0.3, -0.25) is 0 Å². The second-order valence-corrected chi connectivity index (χ2v) is 11.5. The van der Waals surface area contributed by atoms with Gasteiger partial charge in [0.15, 0.2) is 0 Å². The highest BCUT2D eigenvalue weighted by molar-refractivity contribution is 6.80. The average Bonchev–Trinajstić information content (AvgIpc) is 2.40. The third kappa shape index (κ3) is 6.58. The first kappa shape index (κ1) is 18.0. The van der Waals surface area contributed by atoms with Crippen LogP contribution in [0.15, 0.2) is 12.2 Å². The van der Waals surface area contributed by atoms with Gasteiger partial charge in [-0.25, -0.2) is 0 Å². The highest BCUT2D eigenvalue weighted by Gasteiger charge is 2.31. The minimum Gasteiger partial charge on any atom is -0.306 e. The van der Waals surface area contributed by atoms with Crippen LogP contribution < -0.4 is 0 Å². The molecule has 1 nitrogen and oxygen atoms in total. The summed E-state index contributed by atoms with van der Waals surface area (Å²) in [5.41, 5.74) is 0. The van der Waals surface area contributed by atoms with E-state index >= 15 is 0 Å². The van der Waals surface area contributed by atoms with Crippen LogP contribution in [0.1, 0.15) is 65.7 Å². The third-order valence-electron chi connectivity index (χ3n) is 4.85. The molecule has 0 amide bonds. The van der Waals surface area contributed by atoms with E-state index in [1.807, 2.05) is 0 Å². The van der Waals surface area contributed by atoms with Crippen LogP contribution in [-0.4, -0.2) is 32.2 Å². The van der Waals surface area contributed by atoms with Crippen molar-refractivity contribution in [3.63, 3.8) is 0 Å². The van der Waals surface area contributed by atoms with Crippen LogP contribution in [0.25, 0.3) is 0 Å². The molecule has 0 aromatic carbocycles. The maximum Gasteiger partial charge on any atom is 0.0727 e. The predicted octanol–water partition coefficient (Wildman–Crippen LogP) is 5.64. The Morgan fingerprint density at radius 2 is 1.45 bits per heavy atom. The first-order valence-corrected chi connectivity index (χ1v) is 11.9. The summed E-state index contributed by atoms with van der Waals surface area (Å²) in [7, 11) is -1.10. The van der Waals surface area contributed by atoms with Gasteiger partial charge in [-0.05, 0) is 45.1 Å². The maximum absolute atomic E-state index is 2.85. The summed E-state index contributed by atoms with van der Waals surface area (Å²) in [4.78, 5) is 2.85. The molecule has 0 atom stereocenters. The fraction of sp³-hybridized carbons (Fsp3) is 0.889. The lowest BCUT2D eigenvalue weighted by molar-refractivity contribution is 0.278. The van der Waals surface area contributed by atoms with Crippen molar-refractivity contribution in [2.75, 3.05) is 19.3 Å². The van der Waals surface area contributed by atoms with E-state index in [2.05, 4.69) is 37.8 Å². The summed E-state index contributed by atoms with van der Waals surface area (Å²) in [6.07, 6.45) is 16.3. The molecule has 118 valence electrons. The van der Waals surface area contributed by atoms with Crippen LogP contribution >= 0.6 is 0 Å². The SMILES string of the molecule is CC=CC[Si](CCC)(CCC)CN1CCCCCCC1.